The average molecular weight is 500 g/mol. The molecule has 31 heavy (non-hydrogen) atoms. The van der Waals surface area contributed by atoms with Gasteiger partial charge < -0.3 is 5.32 Å². The number of hydrogen-bond donors (Lipinski definition) is 1. The van der Waals surface area contributed by atoms with Crippen molar-refractivity contribution in [1.29, 1.82) is 0 Å². The van der Waals surface area contributed by atoms with E-state index < -0.39 is 11.9 Å². The Morgan fingerprint density at radius 3 is 2.52 bits per heavy atom. The zero-order valence-electron chi connectivity index (χ0n) is 16.2. The van der Waals surface area contributed by atoms with Crippen molar-refractivity contribution >= 4 is 27.7 Å². The highest BCUT2D eigenvalue weighted by Gasteiger charge is 2.41. The minimum atomic E-state index is -4.56. The molecular weight excluding hydrogens is 482 g/mol. The van der Waals surface area contributed by atoms with E-state index in [1.165, 1.54) is 16.8 Å². The normalized spacial score (nSPS) is 14.1. The molecule has 0 bridgehead atoms. The van der Waals surface area contributed by atoms with Gasteiger partial charge in [0.2, 0.25) is 5.91 Å². The van der Waals surface area contributed by atoms with Gasteiger partial charge in [-0.15, -0.1) is 0 Å². The number of aromatic nitrogens is 4. The number of anilines is 1. The van der Waals surface area contributed by atoms with Crippen LogP contribution in [0.15, 0.2) is 41.0 Å². The average Bonchev–Trinajstić information content (AvgIpc) is 3.34. The van der Waals surface area contributed by atoms with Crippen LogP contribution in [-0.2, 0) is 24.1 Å². The Balaban J connectivity index is 1.37. The van der Waals surface area contributed by atoms with Gasteiger partial charge in [-0.25, -0.2) is 4.39 Å². The van der Waals surface area contributed by atoms with Gasteiger partial charge in [0.15, 0.2) is 11.5 Å². The number of rotatable bonds is 7. The zero-order chi connectivity index (χ0) is 22.2. The molecule has 0 saturated heterocycles. The van der Waals surface area contributed by atoms with E-state index in [0.29, 0.717) is 18.1 Å². The van der Waals surface area contributed by atoms with Crippen LogP contribution in [0.1, 0.15) is 42.1 Å². The number of carbonyl (C=O) groups is 1. The van der Waals surface area contributed by atoms with Crippen molar-refractivity contribution in [3.8, 4) is 0 Å². The Bertz CT molecular complexity index is 1090. The summed E-state index contributed by atoms with van der Waals surface area (Å²) in [7, 11) is 0. The molecule has 0 atom stereocenters. The van der Waals surface area contributed by atoms with Gasteiger partial charge in [-0.1, -0.05) is 12.1 Å². The molecule has 3 aromatic rings. The van der Waals surface area contributed by atoms with Crippen LogP contribution in [0.4, 0.5) is 23.4 Å². The van der Waals surface area contributed by atoms with E-state index in [0.717, 1.165) is 18.4 Å². The number of amides is 1. The zero-order valence-corrected chi connectivity index (χ0v) is 17.7. The number of carbonyl (C=O) groups excluding carboxylic acids is 1. The van der Waals surface area contributed by atoms with Crippen LogP contribution in [0, 0.1) is 5.82 Å². The van der Waals surface area contributed by atoms with Crippen molar-refractivity contribution in [2.24, 2.45) is 0 Å². The van der Waals surface area contributed by atoms with E-state index in [2.05, 4.69) is 31.4 Å². The van der Waals surface area contributed by atoms with Gasteiger partial charge in [0.05, 0.1) is 23.3 Å². The lowest BCUT2D eigenvalue weighted by molar-refractivity contribution is -0.142. The number of aryl methyl sites for hydroxylation is 1. The number of benzene rings is 1. The topological polar surface area (TPSA) is 64.7 Å². The van der Waals surface area contributed by atoms with Gasteiger partial charge in [0, 0.05) is 24.6 Å². The lowest BCUT2D eigenvalue weighted by Crippen LogP contribution is -2.17. The van der Waals surface area contributed by atoms with Gasteiger partial charge >= 0.3 is 6.18 Å². The molecule has 1 amide bonds. The lowest BCUT2D eigenvalue weighted by Gasteiger charge is -2.07. The summed E-state index contributed by atoms with van der Waals surface area (Å²) >= 11 is 3.04. The summed E-state index contributed by atoms with van der Waals surface area (Å²) in [6, 6.07) is 7.61. The fraction of sp³-hybridized carbons (Fsp3) is 0.350. The van der Waals surface area contributed by atoms with Crippen LogP contribution in [0.5, 0.6) is 0 Å². The summed E-state index contributed by atoms with van der Waals surface area (Å²) in [6.45, 7) is 0.436. The van der Waals surface area contributed by atoms with Crippen LogP contribution in [-0.4, -0.2) is 25.5 Å². The monoisotopic (exact) mass is 499 g/mol. The van der Waals surface area contributed by atoms with E-state index in [-0.39, 0.29) is 35.1 Å². The molecule has 6 nitrogen and oxygen atoms in total. The first kappa shape index (κ1) is 21.5. The number of nitrogens with zero attached hydrogens (tertiary/aromatic N) is 4. The molecule has 0 aliphatic heterocycles. The summed E-state index contributed by atoms with van der Waals surface area (Å²) in [5.74, 6) is -0.349. The van der Waals surface area contributed by atoms with E-state index in [9.17, 15) is 22.4 Å². The third-order valence-electron chi connectivity index (χ3n) is 4.88. The SMILES string of the molecule is O=C(CCn1nc(C(F)(F)F)c(Br)c1C1CC1)Nc1ccn(Cc2ccc(F)cc2)n1. The van der Waals surface area contributed by atoms with E-state index in [1.807, 2.05) is 0 Å². The van der Waals surface area contributed by atoms with Gasteiger partial charge in [0.1, 0.15) is 5.82 Å². The van der Waals surface area contributed by atoms with Gasteiger partial charge in [-0.3, -0.25) is 14.2 Å². The molecule has 2 heterocycles. The first-order chi connectivity index (χ1) is 14.7. The number of alkyl halides is 3. The molecule has 0 radical (unpaired) electrons. The molecule has 4 rings (SSSR count). The number of nitrogens with one attached hydrogen (secondary N) is 1. The molecule has 1 saturated carbocycles. The minimum absolute atomic E-state index is 0.0304. The summed E-state index contributed by atoms with van der Waals surface area (Å²) < 4.78 is 55.3. The first-order valence-electron chi connectivity index (χ1n) is 9.62. The van der Waals surface area contributed by atoms with Crippen molar-refractivity contribution in [2.75, 3.05) is 5.32 Å². The van der Waals surface area contributed by atoms with E-state index in [1.54, 1.807) is 29.1 Å². The largest absolute Gasteiger partial charge is 0.436 e. The second-order valence-corrected chi connectivity index (χ2v) is 8.16. The molecule has 1 fully saturated rings. The van der Waals surface area contributed by atoms with Crippen LogP contribution in [0.3, 0.4) is 0 Å². The molecule has 2 aromatic heterocycles. The van der Waals surface area contributed by atoms with Crippen molar-refractivity contribution in [2.45, 2.75) is 44.4 Å². The van der Waals surface area contributed by atoms with Crippen LogP contribution < -0.4 is 5.32 Å². The van der Waals surface area contributed by atoms with Crippen LogP contribution in [0.2, 0.25) is 0 Å². The second-order valence-electron chi connectivity index (χ2n) is 7.37. The first-order valence-corrected chi connectivity index (χ1v) is 10.4. The van der Waals surface area contributed by atoms with Crippen LogP contribution in [0.25, 0.3) is 0 Å². The maximum Gasteiger partial charge on any atom is 0.436 e. The third kappa shape index (κ3) is 5.15. The standard InChI is InChI=1S/C20H18BrF4N5O/c21-17-18(13-3-4-13)30(28-19(17)20(23,24)25)10-8-16(31)26-15-7-9-29(27-15)11-12-1-5-14(22)6-2-12/h1-2,5-7,9,13H,3-4,8,10-11H2,(H,26,27,31). The Kier molecular flexibility index (Phi) is 5.87. The molecule has 1 aliphatic rings. The Morgan fingerprint density at radius 2 is 1.87 bits per heavy atom. The molecule has 0 unspecified atom stereocenters. The second kappa shape index (κ2) is 8.45. The predicted octanol–water partition coefficient (Wildman–Crippen LogP) is 4.95. The maximum atomic E-state index is 13.2. The van der Waals surface area contributed by atoms with Gasteiger partial charge in [-0.05, 0) is 46.5 Å². The fourth-order valence-electron chi connectivity index (χ4n) is 3.26. The highest BCUT2D eigenvalue weighted by atomic mass is 79.9. The predicted molar refractivity (Wildman–Crippen MR) is 108 cm³/mol. The van der Waals surface area contributed by atoms with Gasteiger partial charge in [0.25, 0.3) is 0 Å². The molecule has 1 aliphatic carbocycles. The summed E-state index contributed by atoms with van der Waals surface area (Å²) in [5, 5.41) is 10.6. The highest BCUT2D eigenvalue weighted by molar-refractivity contribution is 9.10. The van der Waals surface area contributed by atoms with Crippen molar-refractivity contribution in [3.63, 3.8) is 0 Å². The Morgan fingerprint density at radius 1 is 1.16 bits per heavy atom. The molecule has 1 N–H and O–H groups in total. The highest BCUT2D eigenvalue weighted by Crippen LogP contribution is 2.47. The van der Waals surface area contributed by atoms with Crippen molar-refractivity contribution in [1.82, 2.24) is 19.6 Å². The maximum absolute atomic E-state index is 13.2. The molecule has 11 heteroatoms. The quantitative estimate of drug-likeness (QED) is 0.467. The number of hydrogen-bond acceptors (Lipinski definition) is 3. The fourth-order valence-corrected chi connectivity index (χ4v) is 4.09. The molecular formula is C20H18BrF4N5O. The summed E-state index contributed by atoms with van der Waals surface area (Å²) in [5.41, 5.74) is 0.373. The lowest BCUT2D eigenvalue weighted by atomic mass is 10.2. The van der Waals surface area contributed by atoms with Crippen molar-refractivity contribution < 1.29 is 22.4 Å². The summed E-state index contributed by atoms with van der Waals surface area (Å²) in [6.07, 6.45) is -1.33. The minimum Gasteiger partial charge on any atom is -0.309 e. The smallest absolute Gasteiger partial charge is 0.309 e. The molecule has 1 aromatic carbocycles. The summed E-state index contributed by atoms with van der Waals surface area (Å²) in [4.78, 5) is 12.3. The van der Waals surface area contributed by atoms with E-state index in [4.69, 9.17) is 0 Å². The Labute approximate surface area is 183 Å². The molecule has 0 spiro atoms. The van der Waals surface area contributed by atoms with E-state index >= 15 is 0 Å². The van der Waals surface area contributed by atoms with Gasteiger partial charge in [-0.2, -0.15) is 23.4 Å². The van der Waals surface area contributed by atoms with Crippen molar-refractivity contribution in [3.05, 3.63) is 63.8 Å². The molecule has 164 valence electrons. The third-order valence-corrected chi connectivity index (χ3v) is 5.66. The van der Waals surface area contributed by atoms with Crippen LogP contribution >= 0.6 is 15.9 Å². The number of halogens is 5. The Hall–Kier alpha value is -2.69.